The van der Waals surface area contributed by atoms with Crippen LogP contribution in [0.3, 0.4) is 0 Å². The Balaban J connectivity index is 1.95. The highest BCUT2D eigenvalue weighted by atomic mass is 19.2. The Bertz CT molecular complexity index is 853. The van der Waals surface area contributed by atoms with Gasteiger partial charge in [-0.15, -0.1) is 0 Å². The first kappa shape index (κ1) is 19.3. The van der Waals surface area contributed by atoms with E-state index in [9.17, 15) is 8.78 Å². The molecule has 1 aliphatic heterocycles. The lowest BCUT2D eigenvalue weighted by Gasteiger charge is -2.38. The Morgan fingerprint density at radius 1 is 1.22 bits per heavy atom. The van der Waals surface area contributed by atoms with Crippen molar-refractivity contribution >= 4 is 5.71 Å². The lowest BCUT2D eigenvalue weighted by molar-refractivity contribution is 0.0977. The number of hydrogen-bond acceptors (Lipinski definition) is 4. The number of ether oxygens (including phenoxy) is 1. The zero-order valence-electron chi connectivity index (χ0n) is 15.9. The average molecular weight is 373 g/mol. The van der Waals surface area contributed by atoms with Gasteiger partial charge in [0.1, 0.15) is 5.75 Å². The molecule has 0 aliphatic carbocycles. The van der Waals surface area contributed by atoms with Gasteiger partial charge in [-0.25, -0.2) is 8.78 Å². The van der Waals surface area contributed by atoms with Crippen molar-refractivity contribution in [2.75, 3.05) is 20.2 Å². The van der Waals surface area contributed by atoms with Crippen molar-refractivity contribution in [2.24, 2.45) is 16.8 Å². The Morgan fingerprint density at radius 2 is 2.00 bits per heavy atom. The highest BCUT2D eigenvalue weighted by molar-refractivity contribution is 5.98. The number of halogens is 2. The first-order valence-electron chi connectivity index (χ1n) is 9.07. The van der Waals surface area contributed by atoms with Crippen LogP contribution in [0.4, 0.5) is 8.78 Å². The average Bonchev–Trinajstić information content (AvgIpc) is 2.63. The van der Waals surface area contributed by atoms with E-state index in [2.05, 4.69) is 11.2 Å². The molecule has 0 amide bonds. The van der Waals surface area contributed by atoms with Crippen LogP contribution in [0, 0.1) is 24.5 Å². The summed E-state index contributed by atoms with van der Waals surface area (Å²) in [6.45, 7) is 4.96. The van der Waals surface area contributed by atoms with E-state index in [1.807, 2.05) is 31.1 Å². The summed E-state index contributed by atoms with van der Waals surface area (Å²) < 4.78 is 32.7. The predicted octanol–water partition coefficient (Wildman–Crippen LogP) is 4.03. The molecule has 1 aliphatic rings. The molecule has 0 fully saturated rings. The van der Waals surface area contributed by atoms with E-state index in [0.29, 0.717) is 24.4 Å². The summed E-state index contributed by atoms with van der Waals surface area (Å²) in [5.41, 5.74) is 9.19. The van der Waals surface area contributed by atoms with Gasteiger partial charge in [0.05, 0.1) is 18.4 Å². The van der Waals surface area contributed by atoms with Crippen molar-refractivity contribution < 1.29 is 13.5 Å². The minimum Gasteiger partial charge on any atom is -0.493 e. The van der Waals surface area contributed by atoms with Gasteiger partial charge in [0.15, 0.2) is 11.6 Å². The first-order chi connectivity index (χ1) is 12.9. The second kappa shape index (κ2) is 8.05. The number of nitrogens with two attached hydrogens (primary N) is 1. The fourth-order valence-corrected chi connectivity index (χ4v) is 3.61. The van der Waals surface area contributed by atoms with Crippen LogP contribution in [-0.4, -0.2) is 30.9 Å². The van der Waals surface area contributed by atoms with Crippen LogP contribution < -0.4 is 10.5 Å². The maximum atomic E-state index is 13.6. The molecule has 3 rings (SSSR count). The molecule has 0 saturated heterocycles. The summed E-state index contributed by atoms with van der Waals surface area (Å²) in [5, 5.41) is 6.55. The summed E-state index contributed by atoms with van der Waals surface area (Å²) >= 11 is 0. The third-order valence-corrected chi connectivity index (χ3v) is 4.97. The largest absolute Gasteiger partial charge is 0.493 e. The summed E-state index contributed by atoms with van der Waals surface area (Å²) in [7, 11) is 1.90. The molecule has 0 aromatic heterocycles. The zero-order chi connectivity index (χ0) is 19.6. The molecule has 6 heteroatoms. The van der Waals surface area contributed by atoms with Crippen molar-refractivity contribution in [1.82, 2.24) is 5.01 Å². The highest BCUT2D eigenvalue weighted by Gasteiger charge is 2.33. The normalized spacial score (nSPS) is 19.4. The third-order valence-electron chi connectivity index (χ3n) is 4.97. The van der Waals surface area contributed by atoms with Crippen molar-refractivity contribution in [1.29, 1.82) is 0 Å². The number of fused-ring (bicyclic) bond motifs is 1. The molecule has 2 unspecified atom stereocenters. The number of hydrogen-bond donors (Lipinski definition) is 1. The van der Waals surface area contributed by atoms with Crippen LogP contribution in [0.15, 0.2) is 41.5 Å². The first-order valence-corrected chi connectivity index (χ1v) is 9.07. The number of nitrogens with zero attached hydrogens (tertiary/aromatic N) is 2. The number of aryl methyl sites for hydroxylation is 1. The lowest BCUT2D eigenvalue weighted by Crippen LogP contribution is -2.36. The molecule has 2 N–H and O–H groups in total. The van der Waals surface area contributed by atoms with Gasteiger partial charge in [-0.2, -0.15) is 5.10 Å². The number of benzene rings is 2. The maximum absolute atomic E-state index is 13.6. The van der Waals surface area contributed by atoms with Crippen molar-refractivity contribution in [3.8, 4) is 5.75 Å². The smallest absolute Gasteiger partial charge is 0.159 e. The Kier molecular flexibility index (Phi) is 5.75. The Hall–Kier alpha value is -2.47. The molecule has 144 valence electrons. The SMILES string of the molecule is C/C(=N\N(C)C1c2cc(C)ccc2OCC1CCN)c1ccc(F)c(F)c1. The van der Waals surface area contributed by atoms with E-state index in [1.165, 1.54) is 12.1 Å². The molecule has 27 heavy (non-hydrogen) atoms. The Labute approximate surface area is 158 Å². The van der Waals surface area contributed by atoms with E-state index in [-0.39, 0.29) is 12.0 Å². The van der Waals surface area contributed by atoms with E-state index in [1.54, 1.807) is 6.92 Å². The highest BCUT2D eigenvalue weighted by Crippen LogP contribution is 2.40. The topological polar surface area (TPSA) is 50.8 Å². The summed E-state index contributed by atoms with van der Waals surface area (Å²) in [6.07, 6.45) is 0.808. The third kappa shape index (κ3) is 4.11. The molecule has 2 atom stereocenters. The van der Waals surface area contributed by atoms with Gasteiger partial charge in [-0.05, 0) is 51.1 Å². The van der Waals surface area contributed by atoms with E-state index < -0.39 is 11.6 Å². The standard InChI is InChI=1S/C21H25F2N3O/c1-13-4-7-20-17(10-13)21(16(8-9-24)12-27-20)26(3)25-14(2)15-5-6-18(22)19(23)11-15/h4-7,10-11,16,21H,8-9,12,24H2,1-3H3/b25-14+. The molecule has 2 aromatic rings. The molecule has 4 nitrogen and oxygen atoms in total. The Morgan fingerprint density at radius 3 is 2.70 bits per heavy atom. The lowest BCUT2D eigenvalue weighted by atomic mass is 9.87. The van der Waals surface area contributed by atoms with Crippen molar-refractivity contribution in [3.05, 3.63) is 64.7 Å². The second-order valence-electron chi connectivity index (χ2n) is 7.02. The van der Waals surface area contributed by atoms with Gasteiger partial charge in [0.25, 0.3) is 0 Å². The van der Waals surface area contributed by atoms with Gasteiger partial charge in [0, 0.05) is 24.1 Å². The van der Waals surface area contributed by atoms with Crippen LogP contribution in [0.1, 0.15) is 36.1 Å². The quantitative estimate of drug-likeness (QED) is 0.636. The van der Waals surface area contributed by atoms with Crippen molar-refractivity contribution in [3.63, 3.8) is 0 Å². The van der Waals surface area contributed by atoms with Crippen molar-refractivity contribution in [2.45, 2.75) is 26.3 Å². The summed E-state index contributed by atoms with van der Waals surface area (Å²) in [6, 6.07) is 9.93. The zero-order valence-corrected chi connectivity index (χ0v) is 15.9. The molecule has 0 radical (unpaired) electrons. The molecular formula is C21H25F2N3O. The van der Waals surface area contributed by atoms with Gasteiger partial charge < -0.3 is 10.5 Å². The van der Waals surface area contributed by atoms with Crippen LogP contribution >= 0.6 is 0 Å². The minimum atomic E-state index is -0.877. The second-order valence-corrected chi connectivity index (χ2v) is 7.02. The van der Waals surface area contributed by atoms with Crippen LogP contribution in [-0.2, 0) is 0 Å². The molecule has 2 aromatic carbocycles. The van der Waals surface area contributed by atoms with Gasteiger partial charge >= 0.3 is 0 Å². The monoisotopic (exact) mass is 373 g/mol. The molecular weight excluding hydrogens is 348 g/mol. The summed E-state index contributed by atoms with van der Waals surface area (Å²) in [4.78, 5) is 0. The van der Waals surface area contributed by atoms with Crippen LogP contribution in [0.25, 0.3) is 0 Å². The summed E-state index contributed by atoms with van der Waals surface area (Å²) in [5.74, 6) is -0.698. The van der Waals surface area contributed by atoms with Gasteiger partial charge in [0.2, 0.25) is 0 Å². The minimum absolute atomic E-state index is 0.00237. The number of rotatable bonds is 5. The van der Waals surface area contributed by atoms with Crippen LogP contribution in [0.5, 0.6) is 5.75 Å². The molecule has 0 spiro atoms. The van der Waals surface area contributed by atoms with Crippen LogP contribution in [0.2, 0.25) is 0 Å². The van der Waals surface area contributed by atoms with E-state index >= 15 is 0 Å². The fraction of sp³-hybridized carbons (Fsp3) is 0.381. The molecule has 0 saturated carbocycles. The molecule has 0 bridgehead atoms. The molecule has 1 heterocycles. The maximum Gasteiger partial charge on any atom is 0.159 e. The predicted molar refractivity (Wildman–Crippen MR) is 103 cm³/mol. The van der Waals surface area contributed by atoms with Gasteiger partial charge in [-0.3, -0.25) is 5.01 Å². The fourth-order valence-electron chi connectivity index (χ4n) is 3.61. The number of hydrazone groups is 1. The van der Waals surface area contributed by atoms with Gasteiger partial charge in [-0.1, -0.05) is 17.7 Å². The van der Waals surface area contributed by atoms with E-state index in [0.717, 1.165) is 29.4 Å². The van der Waals surface area contributed by atoms with E-state index in [4.69, 9.17) is 10.5 Å².